The molecule has 3 nitrogen and oxygen atoms in total. The molecule has 2 rings (SSSR count). The van der Waals surface area contributed by atoms with Crippen molar-refractivity contribution in [3.63, 3.8) is 0 Å². The van der Waals surface area contributed by atoms with E-state index < -0.39 is 11.7 Å². The fourth-order valence-electron chi connectivity index (χ4n) is 1.54. The molecule has 1 fully saturated rings. The summed E-state index contributed by atoms with van der Waals surface area (Å²) in [6.07, 6.45) is -4.45. The zero-order valence-electron chi connectivity index (χ0n) is 9.14. The van der Waals surface area contributed by atoms with E-state index in [0.29, 0.717) is 13.1 Å². The van der Waals surface area contributed by atoms with Crippen LogP contribution >= 0.6 is 15.9 Å². The summed E-state index contributed by atoms with van der Waals surface area (Å²) in [6.45, 7) is 1.13. The molecule has 0 unspecified atom stereocenters. The third kappa shape index (κ3) is 2.84. The number of nitrogens with one attached hydrogen (secondary N) is 2. The third-order valence-electron chi connectivity index (χ3n) is 2.69. The summed E-state index contributed by atoms with van der Waals surface area (Å²) in [6, 6.07) is 3.63. The zero-order valence-corrected chi connectivity index (χ0v) is 10.7. The Morgan fingerprint density at radius 2 is 2.06 bits per heavy atom. The minimum atomic E-state index is -4.45. The number of alkyl halides is 3. The summed E-state index contributed by atoms with van der Waals surface area (Å²) in [5.74, 6) is -0.424. The first-order valence-corrected chi connectivity index (χ1v) is 6.05. The fourth-order valence-corrected chi connectivity index (χ4v) is 2.01. The molecule has 1 aliphatic rings. The van der Waals surface area contributed by atoms with Crippen LogP contribution in [0.3, 0.4) is 0 Å². The third-order valence-corrected chi connectivity index (χ3v) is 3.38. The molecule has 0 aliphatic carbocycles. The Labute approximate surface area is 110 Å². The van der Waals surface area contributed by atoms with Gasteiger partial charge in [0.2, 0.25) is 5.91 Å². The number of carbonyl (C=O) groups excluding carboxylic acids is 1. The smallest absolute Gasteiger partial charge is 0.326 e. The highest BCUT2D eigenvalue weighted by molar-refractivity contribution is 9.10. The number of carbonyl (C=O) groups is 1. The molecule has 18 heavy (non-hydrogen) atoms. The molecule has 1 saturated heterocycles. The van der Waals surface area contributed by atoms with Crippen LogP contribution in [0.5, 0.6) is 0 Å². The maximum absolute atomic E-state index is 12.6. The first-order valence-electron chi connectivity index (χ1n) is 5.26. The summed E-state index contributed by atoms with van der Waals surface area (Å²) in [5, 5.41) is 5.41. The molecule has 0 bridgehead atoms. The van der Waals surface area contributed by atoms with Crippen molar-refractivity contribution >= 4 is 27.5 Å². The molecule has 0 spiro atoms. The normalized spacial score (nSPS) is 16.2. The van der Waals surface area contributed by atoms with Gasteiger partial charge in [-0.1, -0.05) is 15.9 Å². The van der Waals surface area contributed by atoms with Crippen molar-refractivity contribution in [2.24, 2.45) is 5.92 Å². The quantitative estimate of drug-likeness (QED) is 0.878. The summed E-state index contributed by atoms with van der Waals surface area (Å²) in [4.78, 5) is 11.6. The lowest BCUT2D eigenvalue weighted by Crippen LogP contribution is -2.48. The van der Waals surface area contributed by atoms with Gasteiger partial charge in [0.15, 0.2) is 0 Å². The van der Waals surface area contributed by atoms with Crippen molar-refractivity contribution in [2.45, 2.75) is 6.18 Å². The largest absolute Gasteiger partial charge is 0.417 e. The van der Waals surface area contributed by atoms with Crippen molar-refractivity contribution in [2.75, 3.05) is 18.4 Å². The average molecular weight is 323 g/mol. The maximum atomic E-state index is 12.6. The monoisotopic (exact) mass is 322 g/mol. The molecule has 1 aromatic carbocycles. The van der Waals surface area contributed by atoms with E-state index in [-0.39, 0.29) is 22.0 Å². The Morgan fingerprint density at radius 1 is 1.39 bits per heavy atom. The lowest BCUT2D eigenvalue weighted by Gasteiger charge is -2.25. The Morgan fingerprint density at radius 3 is 2.56 bits per heavy atom. The maximum Gasteiger partial charge on any atom is 0.417 e. The highest BCUT2D eigenvalue weighted by atomic mass is 79.9. The molecule has 1 amide bonds. The number of halogens is 4. The van der Waals surface area contributed by atoms with Crippen LogP contribution < -0.4 is 10.6 Å². The van der Waals surface area contributed by atoms with Crippen LogP contribution in [0.2, 0.25) is 0 Å². The van der Waals surface area contributed by atoms with E-state index >= 15 is 0 Å². The highest BCUT2D eigenvalue weighted by Gasteiger charge is 2.33. The van der Waals surface area contributed by atoms with Crippen molar-refractivity contribution in [3.8, 4) is 0 Å². The first kappa shape index (κ1) is 13.4. The van der Waals surface area contributed by atoms with E-state index in [1.165, 1.54) is 12.1 Å². The van der Waals surface area contributed by atoms with Gasteiger partial charge in [0.25, 0.3) is 0 Å². The standard InChI is InChI=1S/C11H10BrF3N2O/c12-9-2-1-7(3-8(9)11(13,14)15)17-10(18)6-4-16-5-6/h1-3,6,16H,4-5H2,(H,17,18). The Kier molecular flexibility index (Phi) is 3.63. The van der Waals surface area contributed by atoms with Crippen LogP contribution in [0.4, 0.5) is 18.9 Å². The van der Waals surface area contributed by atoms with Crippen LogP contribution in [-0.4, -0.2) is 19.0 Å². The topological polar surface area (TPSA) is 41.1 Å². The second-order valence-corrected chi connectivity index (χ2v) is 4.89. The van der Waals surface area contributed by atoms with E-state index in [4.69, 9.17) is 0 Å². The van der Waals surface area contributed by atoms with Crippen molar-refractivity contribution in [1.82, 2.24) is 5.32 Å². The van der Waals surface area contributed by atoms with E-state index in [1.807, 2.05) is 0 Å². The van der Waals surface area contributed by atoms with Crippen LogP contribution in [0.15, 0.2) is 22.7 Å². The molecule has 1 heterocycles. The van der Waals surface area contributed by atoms with Crippen molar-refractivity contribution in [1.29, 1.82) is 0 Å². The predicted molar refractivity (Wildman–Crippen MR) is 64.1 cm³/mol. The molecule has 1 aliphatic heterocycles. The SMILES string of the molecule is O=C(Nc1ccc(Br)c(C(F)(F)F)c1)C1CNC1. The lowest BCUT2D eigenvalue weighted by atomic mass is 10.0. The molecule has 0 radical (unpaired) electrons. The van der Waals surface area contributed by atoms with Gasteiger partial charge in [-0.3, -0.25) is 4.79 Å². The zero-order chi connectivity index (χ0) is 13.3. The molecule has 0 aromatic heterocycles. The van der Waals surface area contributed by atoms with Gasteiger partial charge in [-0.2, -0.15) is 13.2 Å². The van der Waals surface area contributed by atoms with Gasteiger partial charge in [-0.05, 0) is 18.2 Å². The van der Waals surface area contributed by atoms with E-state index in [9.17, 15) is 18.0 Å². The Bertz CT molecular complexity index is 472. The number of anilines is 1. The molecule has 1 aromatic rings. The summed E-state index contributed by atoms with van der Waals surface area (Å²) < 4.78 is 37.9. The van der Waals surface area contributed by atoms with E-state index in [0.717, 1.165) is 6.07 Å². The van der Waals surface area contributed by atoms with Crippen LogP contribution in [0.25, 0.3) is 0 Å². The van der Waals surface area contributed by atoms with Gasteiger partial charge in [-0.15, -0.1) is 0 Å². The second-order valence-electron chi connectivity index (χ2n) is 4.04. The summed E-state index contributed by atoms with van der Waals surface area (Å²) >= 11 is 2.84. The van der Waals surface area contributed by atoms with Gasteiger partial charge < -0.3 is 10.6 Å². The summed E-state index contributed by atoms with van der Waals surface area (Å²) in [7, 11) is 0. The van der Waals surface area contributed by atoms with Gasteiger partial charge >= 0.3 is 6.18 Å². The fraction of sp³-hybridized carbons (Fsp3) is 0.364. The molecule has 0 atom stereocenters. The van der Waals surface area contributed by atoms with Crippen LogP contribution in [0.1, 0.15) is 5.56 Å². The predicted octanol–water partition coefficient (Wildman–Crippen LogP) is 2.63. The molecular weight excluding hydrogens is 313 g/mol. The van der Waals surface area contributed by atoms with Crippen molar-refractivity contribution in [3.05, 3.63) is 28.2 Å². The van der Waals surface area contributed by atoms with Gasteiger partial charge in [0, 0.05) is 23.2 Å². The van der Waals surface area contributed by atoms with E-state index in [2.05, 4.69) is 26.6 Å². The van der Waals surface area contributed by atoms with Crippen LogP contribution in [0, 0.1) is 5.92 Å². The van der Waals surface area contributed by atoms with Crippen molar-refractivity contribution < 1.29 is 18.0 Å². The average Bonchev–Trinajstić information content (AvgIpc) is 2.16. The van der Waals surface area contributed by atoms with Crippen LogP contribution in [-0.2, 0) is 11.0 Å². The number of amides is 1. The molecule has 0 saturated carbocycles. The minimum absolute atomic E-state index is 0.0432. The minimum Gasteiger partial charge on any atom is -0.326 e. The lowest BCUT2D eigenvalue weighted by molar-refractivity contribution is -0.138. The molecule has 2 N–H and O–H groups in total. The van der Waals surface area contributed by atoms with E-state index in [1.54, 1.807) is 0 Å². The Hall–Kier alpha value is -1.08. The molecule has 7 heteroatoms. The number of benzene rings is 1. The molecular formula is C11H10BrF3N2O. The number of rotatable bonds is 2. The second kappa shape index (κ2) is 4.89. The Balaban J connectivity index is 2.16. The summed E-state index contributed by atoms with van der Waals surface area (Å²) in [5.41, 5.74) is -0.644. The highest BCUT2D eigenvalue weighted by Crippen LogP contribution is 2.36. The van der Waals surface area contributed by atoms with Gasteiger partial charge in [-0.25, -0.2) is 0 Å². The van der Waals surface area contributed by atoms with Gasteiger partial charge in [0.1, 0.15) is 0 Å². The molecule has 98 valence electrons. The first-order chi connectivity index (χ1) is 8.38. The number of hydrogen-bond donors (Lipinski definition) is 2. The number of hydrogen-bond acceptors (Lipinski definition) is 2. The van der Waals surface area contributed by atoms with Gasteiger partial charge in [0.05, 0.1) is 11.5 Å².